The SMILES string of the molecule is CCCCCCC1CCC(c2ccc3cc(C#Cc4ccc(CCC)cc4)ccc3c2F)CC1. The molecule has 0 aliphatic heterocycles. The third-order valence-corrected chi connectivity index (χ3v) is 7.58. The monoisotopic (exact) mass is 454 g/mol. The molecule has 178 valence electrons. The molecule has 0 unspecified atom stereocenters. The fourth-order valence-corrected chi connectivity index (χ4v) is 5.51. The minimum absolute atomic E-state index is 0.0186. The Hall–Kier alpha value is -2.59. The highest BCUT2D eigenvalue weighted by Crippen LogP contribution is 2.40. The van der Waals surface area contributed by atoms with Crippen molar-refractivity contribution >= 4 is 10.8 Å². The van der Waals surface area contributed by atoms with Gasteiger partial charge in [-0.3, -0.25) is 0 Å². The zero-order valence-corrected chi connectivity index (χ0v) is 21.0. The Labute approximate surface area is 206 Å². The first kappa shape index (κ1) is 24.5. The van der Waals surface area contributed by atoms with Gasteiger partial charge in [0.1, 0.15) is 5.82 Å². The molecule has 0 heterocycles. The predicted molar refractivity (Wildman–Crippen MR) is 144 cm³/mol. The molecule has 1 saturated carbocycles. The number of benzene rings is 3. The Kier molecular flexibility index (Phi) is 8.81. The number of aryl methyl sites for hydroxylation is 1. The van der Waals surface area contributed by atoms with Gasteiger partial charge in [-0.15, -0.1) is 0 Å². The van der Waals surface area contributed by atoms with Gasteiger partial charge >= 0.3 is 0 Å². The first-order valence-corrected chi connectivity index (χ1v) is 13.5. The van der Waals surface area contributed by atoms with E-state index in [0.29, 0.717) is 5.92 Å². The molecule has 1 aliphatic rings. The molecule has 0 spiro atoms. The van der Waals surface area contributed by atoms with Crippen LogP contribution in [0.4, 0.5) is 4.39 Å². The van der Waals surface area contributed by atoms with Crippen molar-refractivity contribution < 1.29 is 4.39 Å². The smallest absolute Gasteiger partial charge is 0.134 e. The van der Waals surface area contributed by atoms with E-state index in [9.17, 15) is 0 Å². The zero-order chi connectivity index (χ0) is 23.8. The molecule has 3 aromatic carbocycles. The Morgan fingerprint density at radius 1 is 0.765 bits per heavy atom. The maximum absolute atomic E-state index is 15.5. The van der Waals surface area contributed by atoms with Crippen molar-refractivity contribution in [1.82, 2.24) is 0 Å². The van der Waals surface area contributed by atoms with E-state index in [1.165, 1.54) is 50.5 Å². The third kappa shape index (κ3) is 6.29. The molecular formula is C33H39F. The van der Waals surface area contributed by atoms with Crippen LogP contribution in [0.25, 0.3) is 10.8 Å². The van der Waals surface area contributed by atoms with Gasteiger partial charge in [-0.1, -0.05) is 94.5 Å². The maximum atomic E-state index is 15.5. The zero-order valence-electron chi connectivity index (χ0n) is 21.0. The summed E-state index contributed by atoms with van der Waals surface area (Å²) in [7, 11) is 0. The van der Waals surface area contributed by atoms with E-state index in [0.717, 1.165) is 59.1 Å². The molecule has 0 bridgehead atoms. The van der Waals surface area contributed by atoms with E-state index >= 15 is 4.39 Å². The number of hydrogen-bond donors (Lipinski definition) is 0. The second-order valence-corrected chi connectivity index (χ2v) is 10.2. The molecule has 0 aromatic heterocycles. The molecule has 0 N–H and O–H groups in total. The Balaban J connectivity index is 1.41. The second-order valence-electron chi connectivity index (χ2n) is 10.2. The molecule has 0 radical (unpaired) electrons. The highest BCUT2D eigenvalue weighted by Gasteiger charge is 2.24. The van der Waals surface area contributed by atoms with Crippen LogP contribution in [0.15, 0.2) is 54.6 Å². The summed E-state index contributed by atoms with van der Waals surface area (Å²) in [5, 5.41) is 1.67. The lowest BCUT2D eigenvalue weighted by Gasteiger charge is -2.29. The highest BCUT2D eigenvalue weighted by molar-refractivity contribution is 5.85. The van der Waals surface area contributed by atoms with Crippen LogP contribution in [0, 0.1) is 23.6 Å². The quantitative estimate of drug-likeness (QED) is 0.235. The van der Waals surface area contributed by atoms with Crippen LogP contribution in [-0.2, 0) is 6.42 Å². The molecule has 1 fully saturated rings. The molecule has 0 atom stereocenters. The van der Waals surface area contributed by atoms with Gasteiger partial charge in [-0.2, -0.15) is 0 Å². The van der Waals surface area contributed by atoms with Gasteiger partial charge in [0.15, 0.2) is 0 Å². The van der Waals surface area contributed by atoms with Crippen LogP contribution >= 0.6 is 0 Å². The van der Waals surface area contributed by atoms with E-state index in [1.807, 2.05) is 24.3 Å². The van der Waals surface area contributed by atoms with E-state index in [4.69, 9.17) is 0 Å². The number of fused-ring (bicyclic) bond motifs is 1. The summed E-state index contributed by atoms with van der Waals surface area (Å²) in [6, 6.07) is 18.5. The van der Waals surface area contributed by atoms with Crippen LogP contribution in [0.2, 0.25) is 0 Å². The molecule has 3 aromatic rings. The molecule has 1 heteroatoms. The second kappa shape index (κ2) is 12.2. The third-order valence-electron chi connectivity index (χ3n) is 7.58. The molecule has 4 rings (SSSR count). The lowest BCUT2D eigenvalue weighted by atomic mass is 9.76. The van der Waals surface area contributed by atoms with Gasteiger partial charge in [0.05, 0.1) is 0 Å². The summed E-state index contributed by atoms with van der Waals surface area (Å²) in [6.07, 6.45) is 13.8. The van der Waals surface area contributed by atoms with Crippen molar-refractivity contribution in [2.24, 2.45) is 5.92 Å². The molecule has 0 saturated heterocycles. The van der Waals surface area contributed by atoms with Crippen molar-refractivity contribution in [3.8, 4) is 11.8 Å². The van der Waals surface area contributed by atoms with E-state index in [2.05, 4.69) is 56.0 Å². The molecule has 34 heavy (non-hydrogen) atoms. The summed E-state index contributed by atoms with van der Waals surface area (Å²) >= 11 is 0. The Morgan fingerprint density at radius 2 is 1.50 bits per heavy atom. The van der Waals surface area contributed by atoms with Crippen molar-refractivity contribution in [2.45, 2.75) is 90.4 Å². The van der Waals surface area contributed by atoms with E-state index < -0.39 is 0 Å². The molecule has 0 amide bonds. The maximum Gasteiger partial charge on any atom is 0.134 e. The number of unbranched alkanes of at least 4 members (excludes halogenated alkanes) is 3. The summed E-state index contributed by atoms with van der Waals surface area (Å²) in [6.45, 7) is 4.46. The molecular weight excluding hydrogens is 415 g/mol. The fourth-order valence-electron chi connectivity index (χ4n) is 5.51. The Bertz CT molecular complexity index is 1120. The largest absolute Gasteiger partial charge is 0.206 e. The van der Waals surface area contributed by atoms with Crippen LogP contribution in [-0.4, -0.2) is 0 Å². The predicted octanol–water partition coefficient (Wildman–Crippen LogP) is 9.58. The van der Waals surface area contributed by atoms with Crippen molar-refractivity contribution in [2.75, 3.05) is 0 Å². The summed E-state index contributed by atoms with van der Waals surface area (Å²) in [4.78, 5) is 0. The first-order chi connectivity index (χ1) is 16.7. The average Bonchev–Trinajstić information content (AvgIpc) is 2.87. The Morgan fingerprint density at radius 3 is 2.24 bits per heavy atom. The van der Waals surface area contributed by atoms with Gasteiger partial charge in [0.25, 0.3) is 0 Å². The van der Waals surface area contributed by atoms with Gasteiger partial charge in [0, 0.05) is 16.5 Å². The van der Waals surface area contributed by atoms with Crippen LogP contribution in [0.1, 0.15) is 106 Å². The molecule has 0 nitrogen and oxygen atoms in total. The normalized spacial score (nSPS) is 18.0. The minimum Gasteiger partial charge on any atom is -0.206 e. The summed E-state index contributed by atoms with van der Waals surface area (Å²) < 4.78 is 15.5. The number of halogens is 1. The highest BCUT2D eigenvalue weighted by atomic mass is 19.1. The van der Waals surface area contributed by atoms with Crippen molar-refractivity contribution in [1.29, 1.82) is 0 Å². The van der Waals surface area contributed by atoms with E-state index in [-0.39, 0.29) is 5.82 Å². The molecule has 1 aliphatic carbocycles. The van der Waals surface area contributed by atoms with Crippen LogP contribution < -0.4 is 0 Å². The number of hydrogen-bond acceptors (Lipinski definition) is 0. The van der Waals surface area contributed by atoms with Gasteiger partial charge in [0.2, 0.25) is 0 Å². The fraction of sp³-hybridized carbons (Fsp3) is 0.455. The van der Waals surface area contributed by atoms with Gasteiger partial charge in [-0.25, -0.2) is 4.39 Å². The van der Waals surface area contributed by atoms with Gasteiger partial charge in [-0.05, 0) is 84.7 Å². The first-order valence-electron chi connectivity index (χ1n) is 13.5. The standard InChI is InChI=1S/C33H39F/c1-3-5-6-7-9-26-16-19-29(20-17-26)31-23-21-30-24-28(18-22-32(30)33(31)34)15-14-27-12-10-25(8-4-2)11-13-27/h10-13,18,21-24,26,29H,3-9,16-17,19-20H2,1-2H3. The minimum atomic E-state index is -0.0186. The average molecular weight is 455 g/mol. The van der Waals surface area contributed by atoms with Crippen LogP contribution in [0.5, 0.6) is 0 Å². The topological polar surface area (TPSA) is 0 Å². The van der Waals surface area contributed by atoms with Gasteiger partial charge < -0.3 is 0 Å². The summed E-state index contributed by atoms with van der Waals surface area (Å²) in [5.41, 5.74) is 4.22. The van der Waals surface area contributed by atoms with Crippen molar-refractivity contribution in [3.63, 3.8) is 0 Å². The number of rotatable bonds is 8. The lowest BCUT2D eigenvalue weighted by Crippen LogP contribution is -2.14. The van der Waals surface area contributed by atoms with E-state index in [1.54, 1.807) is 0 Å². The lowest BCUT2D eigenvalue weighted by molar-refractivity contribution is 0.299. The van der Waals surface area contributed by atoms with Crippen molar-refractivity contribution in [3.05, 3.63) is 82.7 Å². The summed E-state index contributed by atoms with van der Waals surface area (Å²) in [5.74, 6) is 7.71. The van der Waals surface area contributed by atoms with Crippen LogP contribution in [0.3, 0.4) is 0 Å².